The summed E-state index contributed by atoms with van der Waals surface area (Å²) in [6.45, 7) is 3.25. The Bertz CT molecular complexity index is 139. The average molecular weight is 145 g/mol. The second-order valence-corrected chi connectivity index (χ2v) is 2.87. The number of hydrogen-bond donors (Lipinski definition) is 1. The van der Waals surface area contributed by atoms with Crippen LogP contribution in [0, 0.1) is 0 Å². The van der Waals surface area contributed by atoms with E-state index in [0.717, 1.165) is 0 Å². The minimum atomic E-state index is -0.853. The van der Waals surface area contributed by atoms with E-state index in [-0.39, 0.29) is 17.9 Å². The van der Waals surface area contributed by atoms with E-state index < -0.39 is 6.17 Å². The SMILES string of the molecule is CC(=O)[C@@H]1C[C@@H](F)[C@H](C)N1. The Morgan fingerprint density at radius 2 is 2.30 bits per heavy atom. The summed E-state index contributed by atoms with van der Waals surface area (Å²) in [4.78, 5) is 10.7. The first kappa shape index (κ1) is 7.66. The first-order chi connectivity index (χ1) is 4.61. The lowest BCUT2D eigenvalue weighted by Gasteiger charge is -2.05. The summed E-state index contributed by atoms with van der Waals surface area (Å²) in [5.41, 5.74) is 0. The molecule has 0 aromatic heterocycles. The molecule has 0 radical (unpaired) electrons. The van der Waals surface area contributed by atoms with Crippen molar-refractivity contribution >= 4 is 5.78 Å². The Hall–Kier alpha value is -0.440. The largest absolute Gasteiger partial charge is 0.302 e. The van der Waals surface area contributed by atoms with Crippen LogP contribution >= 0.6 is 0 Å². The van der Waals surface area contributed by atoms with Crippen LogP contribution < -0.4 is 5.32 Å². The maximum atomic E-state index is 12.7. The lowest BCUT2D eigenvalue weighted by Crippen LogP contribution is -2.33. The van der Waals surface area contributed by atoms with E-state index in [0.29, 0.717) is 6.42 Å². The molecular formula is C7H12FNO. The molecule has 0 spiro atoms. The van der Waals surface area contributed by atoms with Gasteiger partial charge in [-0.2, -0.15) is 0 Å². The van der Waals surface area contributed by atoms with Gasteiger partial charge in [0.25, 0.3) is 0 Å². The summed E-state index contributed by atoms with van der Waals surface area (Å²) in [5.74, 6) is 0.0343. The third kappa shape index (κ3) is 1.34. The summed E-state index contributed by atoms with van der Waals surface area (Å²) >= 11 is 0. The lowest BCUT2D eigenvalue weighted by molar-refractivity contribution is -0.118. The summed E-state index contributed by atoms with van der Waals surface area (Å²) in [6, 6.07) is -0.404. The minimum absolute atomic E-state index is 0.0343. The maximum Gasteiger partial charge on any atom is 0.146 e. The van der Waals surface area contributed by atoms with Gasteiger partial charge in [0, 0.05) is 12.5 Å². The second kappa shape index (κ2) is 2.66. The monoisotopic (exact) mass is 145 g/mol. The zero-order chi connectivity index (χ0) is 7.72. The smallest absolute Gasteiger partial charge is 0.146 e. The molecule has 1 fully saturated rings. The molecule has 3 atom stereocenters. The van der Waals surface area contributed by atoms with Gasteiger partial charge in [-0.25, -0.2) is 4.39 Å². The molecule has 0 amide bonds. The van der Waals surface area contributed by atoms with Gasteiger partial charge in [-0.15, -0.1) is 0 Å². The molecule has 1 aliphatic heterocycles. The normalized spacial score (nSPS) is 40.1. The molecule has 0 aromatic carbocycles. The topological polar surface area (TPSA) is 29.1 Å². The van der Waals surface area contributed by atoms with E-state index in [1.165, 1.54) is 6.92 Å². The molecule has 0 unspecified atom stereocenters. The third-order valence-electron chi connectivity index (χ3n) is 1.96. The van der Waals surface area contributed by atoms with Crippen LogP contribution in [0.25, 0.3) is 0 Å². The summed E-state index contributed by atoms with van der Waals surface area (Å²) < 4.78 is 12.7. The predicted molar refractivity (Wildman–Crippen MR) is 36.6 cm³/mol. The quantitative estimate of drug-likeness (QED) is 0.587. The van der Waals surface area contributed by atoms with Gasteiger partial charge < -0.3 is 5.32 Å². The van der Waals surface area contributed by atoms with Crippen molar-refractivity contribution in [3.63, 3.8) is 0 Å². The van der Waals surface area contributed by atoms with Crippen LogP contribution in [0.5, 0.6) is 0 Å². The Balaban J connectivity index is 2.49. The number of alkyl halides is 1. The molecule has 3 heteroatoms. The van der Waals surface area contributed by atoms with E-state index >= 15 is 0 Å². The van der Waals surface area contributed by atoms with Gasteiger partial charge in [-0.3, -0.25) is 4.79 Å². The summed E-state index contributed by atoms with van der Waals surface area (Å²) in [6.07, 6.45) is -0.509. The number of Topliss-reactive ketones (excluding diaryl/α,β-unsaturated/α-hetero) is 1. The molecule has 1 rings (SSSR count). The average Bonchev–Trinajstić information content (AvgIpc) is 2.13. The highest BCUT2D eigenvalue weighted by atomic mass is 19.1. The molecule has 0 aliphatic carbocycles. The highest BCUT2D eigenvalue weighted by Crippen LogP contribution is 2.16. The standard InChI is InChI=1S/C7H12FNO/c1-4-6(8)3-7(9-4)5(2)10/h4,6-7,9H,3H2,1-2H3/t4-,6+,7-/m0/s1. The fourth-order valence-corrected chi connectivity index (χ4v) is 1.20. The molecule has 10 heavy (non-hydrogen) atoms. The molecule has 2 nitrogen and oxygen atoms in total. The predicted octanol–water partition coefficient (Wildman–Crippen LogP) is 0.664. The van der Waals surface area contributed by atoms with E-state index in [2.05, 4.69) is 5.32 Å². The highest BCUT2D eigenvalue weighted by Gasteiger charge is 2.32. The molecule has 1 N–H and O–H groups in total. The molecule has 58 valence electrons. The van der Waals surface area contributed by atoms with Crippen molar-refractivity contribution in [1.29, 1.82) is 0 Å². The van der Waals surface area contributed by atoms with Crippen LogP contribution in [-0.2, 0) is 4.79 Å². The molecule has 0 saturated carbocycles. The van der Waals surface area contributed by atoms with Gasteiger partial charge in [0.1, 0.15) is 12.0 Å². The Morgan fingerprint density at radius 3 is 2.50 bits per heavy atom. The molecule has 0 aromatic rings. The van der Waals surface area contributed by atoms with Crippen molar-refractivity contribution in [2.45, 2.75) is 38.5 Å². The fraction of sp³-hybridized carbons (Fsp3) is 0.857. The van der Waals surface area contributed by atoms with Crippen molar-refractivity contribution < 1.29 is 9.18 Å². The number of nitrogens with one attached hydrogen (secondary N) is 1. The first-order valence-electron chi connectivity index (χ1n) is 3.52. The van der Waals surface area contributed by atoms with Crippen LogP contribution in [0.3, 0.4) is 0 Å². The Kier molecular flexibility index (Phi) is 2.04. The van der Waals surface area contributed by atoms with Crippen LogP contribution in [0.1, 0.15) is 20.3 Å². The number of ketones is 1. The van der Waals surface area contributed by atoms with Crippen LogP contribution in [0.15, 0.2) is 0 Å². The molecule has 1 heterocycles. The van der Waals surface area contributed by atoms with Gasteiger partial charge in [-0.1, -0.05) is 0 Å². The van der Waals surface area contributed by atoms with E-state index in [1.807, 2.05) is 0 Å². The van der Waals surface area contributed by atoms with Crippen molar-refractivity contribution in [3.8, 4) is 0 Å². The molecular weight excluding hydrogens is 133 g/mol. The second-order valence-electron chi connectivity index (χ2n) is 2.87. The summed E-state index contributed by atoms with van der Waals surface area (Å²) in [5, 5.41) is 2.88. The lowest BCUT2D eigenvalue weighted by atomic mass is 10.1. The molecule has 1 aliphatic rings. The number of hydrogen-bond acceptors (Lipinski definition) is 2. The number of rotatable bonds is 1. The minimum Gasteiger partial charge on any atom is -0.302 e. The highest BCUT2D eigenvalue weighted by molar-refractivity contribution is 5.81. The van der Waals surface area contributed by atoms with Gasteiger partial charge >= 0.3 is 0 Å². The Morgan fingerprint density at radius 1 is 1.70 bits per heavy atom. The van der Waals surface area contributed by atoms with Gasteiger partial charge in [0.2, 0.25) is 0 Å². The van der Waals surface area contributed by atoms with Gasteiger partial charge in [0.15, 0.2) is 0 Å². The number of carbonyl (C=O) groups excluding carboxylic acids is 1. The zero-order valence-corrected chi connectivity index (χ0v) is 6.23. The van der Waals surface area contributed by atoms with Crippen LogP contribution in [-0.4, -0.2) is 24.0 Å². The van der Waals surface area contributed by atoms with E-state index in [1.54, 1.807) is 6.92 Å². The van der Waals surface area contributed by atoms with Crippen molar-refractivity contribution in [2.24, 2.45) is 0 Å². The van der Waals surface area contributed by atoms with E-state index in [9.17, 15) is 9.18 Å². The maximum absolute atomic E-state index is 12.7. The van der Waals surface area contributed by atoms with Crippen molar-refractivity contribution in [1.82, 2.24) is 5.32 Å². The summed E-state index contributed by atoms with van der Waals surface area (Å²) in [7, 11) is 0. The van der Waals surface area contributed by atoms with Crippen molar-refractivity contribution in [3.05, 3.63) is 0 Å². The van der Waals surface area contributed by atoms with E-state index in [4.69, 9.17) is 0 Å². The Labute approximate surface area is 59.8 Å². The third-order valence-corrected chi connectivity index (χ3v) is 1.96. The van der Waals surface area contributed by atoms with Crippen molar-refractivity contribution in [2.75, 3.05) is 0 Å². The molecule has 0 bridgehead atoms. The van der Waals surface area contributed by atoms with Gasteiger partial charge in [0.05, 0.1) is 6.04 Å². The van der Waals surface area contributed by atoms with Crippen LogP contribution in [0.2, 0.25) is 0 Å². The number of halogens is 1. The zero-order valence-electron chi connectivity index (χ0n) is 6.23. The van der Waals surface area contributed by atoms with Crippen LogP contribution in [0.4, 0.5) is 4.39 Å². The van der Waals surface area contributed by atoms with Gasteiger partial charge in [-0.05, 0) is 13.8 Å². The number of carbonyl (C=O) groups is 1. The first-order valence-corrected chi connectivity index (χ1v) is 3.52. The molecule has 1 saturated heterocycles. The fourth-order valence-electron chi connectivity index (χ4n) is 1.20.